The summed E-state index contributed by atoms with van der Waals surface area (Å²) >= 11 is 0. The minimum Gasteiger partial charge on any atom is -0.478 e. The predicted molar refractivity (Wildman–Crippen MR) is 71.9 cm³/mol. The van der Waals surface area contributed by atoms with Gasteiger partial charge in [0.1, 0.15) is 28.8 Å². The topological polar surface area (TPSA) is 83.2 Å². The highest BCUT2D eigenvalue weighted by Crippen LogP contribution is 2.29. The van der Waals surface area contributed by atoms with E-state index in [1.54, 1.807) is 19.9 Å². The largest absolute Gasteiger partial charge is 0.478 e. The Kier molecular flexibility index (Phi) is 3.85. The molecule has 0 aliphatic carbocycles. The molecule has 0 fully saturated rings. The highest BCUT2D eigenvalue weighted by molar-refractivity contribution is 5.91. The van der Waals surface area contributed by atoms with Crippen LogP contribution in [0.4, 0.5) is 4.39 Å². The summed E-state index contributed by atoms with van der Waals surface area (Å²) in [6.45, 7) is 3.45. The molecule has 0 aliphatic heterocycles. The Balaban J connectivity index is 2.53. The average Bonchev–Trinajstić information content (AvgIpc) is 2.40. The predicted octanol–water partition coefficient (Wildman–Crippen LogP) is 3.20. The molecule has 2 rings (SSSR count). The fourth-order valence-electron chi connectivity index (χ4n) is 1.87. The molecule has 0 saturated carbocycles. The van der Waals surface area contributed by atoms with E-state index in [0.717, 1.165) is 12.1 Å². The monoisotopic (exact) mass is 286 g/mol. The van der Waals surface area contributed by atoms with Gasteiger partial charge in [-0.25, -0.2) is 14.2 Å². The van der Waals surface area contributed by atoms with Gasteiger partial charge < -0.3 is 9.84 Å². The van der Waals surface area contributed by atoms with Crippen molar-refractivity contribution < 1.29 is 19.0 Å². The minimum absolute atomic E-state index is 0.00380. The van der Waals surface area contributed by atoms with Crippen LogP contribution in [-0.2, 0) is 0 Å². The number of hydrogen-bond donors (Lipinski definition) is 1. The summed E-state index contributed by atoms with van der Waals surface area (Å²) in [5.74, 6) is -2.08. The number of nitriles is 1. The number of carboxylic acids is 1. The maximum atomic E-state index is 13.1. The van der Waals surface area contributed by atoms with E-state index in [0.29, 0.717) is 11.3 Å². The molecule has 106 valence electrons. The first-order chi connectivity index (χ1) is 9.92. The van der Waals surface area contributed by atoms with Crippen molar-refractivity contribution in [1.29, 1.82) is 5.26 Å². The molecule has 0 unspecified atom stereocenters. The Morgan fingerprint density at radius 2 is 2.10 bits per heavy atom. The molecule has 1 aromatic heterocycles. The van der Waals surface area contributed by atoms with Crippen molar-refractivity contribution in [3.05, 3.63) is 52.5 Å². The Bertz CT molecular complexity index is 766. The van der Waals surface area contributed by atoms with Gasteiger partial charge in [-0.1, -0.05) is 0 Å². The smallest absolute Gasteiger partial charge is 0.339 e. The van der Waals surface area contributed by atoms with Gasteiger partial charge in [0.25, 0.3) is 0 Å². The van der Waals surface area contributed by atoms with E-state index in [9.17, 15) is 9.18 Å². The van der Waals surface area contributed by atoms with E-state index in [2.05, 4.69) is 4.98 Å². The third-order valence-corrected chi connectivity index (χ3v) is 2.80. The SMILES string of the molecule is Cc1cc(C)c(C#N)c(Oc2ccc(F)cc2C(=O)O)n1. The Morgan fingerprint density at radius 3 is 2.71 bits per heavy atom. The van der Waals surface area contributed by atoms with E-state index in [1.165, 1.54) is 6.07 Å². The zero-order chi connectivity index (χ0) is 15.6. The van der Waals surface area contributed by atoms with Crippen LogP contribution in [0.5, 0.6) is 11.6 Å². The van der Waals surface area contributed by atoms with Crippen molar-refractivity contribution in [2.75, 3.05) is 0 Å². The Morgan fingerprint density at radius 1 is 1.38 bits per heavy atom. The lowest BCUT2D eigenvalue weighted by Gasteiger charge is -2.11. The van der Waals surface area contributed by atoms with Crippen molar-refractivity contribution in [2.45, 2.75) is 13.8 Å². The fourth-order valence-corrected chi connectivity index (χ4v) is 1.87. The number of aromatic nitrogens is 1. The molecular formula is C15H11FN2O3. The first kappa shape index (κ1) is 14.5. The highest BCUT2D eigenvalue weighted by Gasteiger charge is 2.17. The van der Waals surface area contributed by atoms with Crippen molar-refractivity contribution in [2.24, 2.45) is 0 Å². The average molecular weight is 286 g/mol. The number of pyridine rings is 1. The third-order valence-electron chi connectivity index (χ3n) is 2.80. The number of hydrogen-bond acceptors (Lipinski definition) is 4. The van der Waals surface area contributed by atoms with Gasteiger partial charge in [-0.3, -0.25) is 0 Å². The van der Waals surface area contributed by atoms with Gasteiger partial charge in [-0.2, -0.15) is 5.26 Å². The molecule has 0 bridgehead atoms. The summed E-state index contributed by atoms with van der Waals surface area (Å²) in [6.07, 6.45) is 0. The summed E-state index contributed by atoms with van der Waals surface area (Å²) < 4.78 is 18.6. The van der Waals surface area contributed by atoms with Crippen molar-refractivity contribution >= 4 is 5.97 Å². The molecule has 0 radical (unpaired) electrons. The first-order valence-corrected chi connectivity index (χ1v) is 6.01. The number of carbonyl (C=O) groups is 1. The van der Waals surface area contributed by atoms with Crippen LogP contribution in [0, 0.1) is 31.0 Å². The molecule has 2 aromatic rings. The first-order valence-electron chi connectivity index (χ1n) is 6.01. The van der Waals surface area contributed by atoms with E-state index in [-0.39, 0.29) is 22.8 Å². The lowest BCUT2D eigenvalue weighted by Crippen LogP contribution is -2.03. The molecule has 6 heteroatoms. The second kappa shape index (κ2) is 5.59. The zero-order valence-corrected chi connectivity index (χ0v) is 11.3. The number of carboxylic acid groups (broad SMARTS) is 1. The molecule has 1 N–H and O–H groups in total. The van der Waals surface area contributed by atoms with Gasteiger partial charge in [0.05, 0.1) is 0 Å². The van der Waals surface area contributed by atoms with Crippen LogP contribution >= 0.6 is 0 Å². The molecule has 0 aliphatic rings. The maximum Gasteiger partial charge on any atom is 0.339 e. The quantitative estimate of drug-likeness (QED) is 0.936. The van der Waals surface area contributed by atoms with E-state index in [1.807, 2.05) is 6.07 Å². The molecule has 0 amide bonds. The van der Waals surface area contributed by atoms with Crippen molar-refractivity contribution in [1.82, 2.24) is 4.98 Å². The maximum absolute atomic E-state index is 13.1. The lowest BCUT2D eigenvalue weighted by molar-refractivity contribution is 0.0693. The second-order valence-electron chi connectivity index (χ2n) is 4.42. The van der Waals surface area contributed by atoms with Gasteiger partial charge in [0, 0.05) is 5.69 Å². The highest BCUT2D eigenvalue weighted by atomic mass is 19.1. The molecule has 0 spiro atoms. The van der Waals surface area contributed by atoms with Gasteiger partial charge >= 0.3 is 5.97 Å². The summed E-state index contributed by atoms with van der Waals surface area (Å²) in [6, 6.07) is 6.81. The molecule has 21 heavy (non-hydrogen) atoms. The second-order valence-corrected chi connectivity index (χ2v) is 4.42. The minimum atomic E-state index is -1.33. The zero-order valence-electron chi connectivity index (χ0n) is 11.3. The Hall–Kier alpha value is -2.94. The molecule has 1 aromatic carbocycles. The van der Waals surface area contributed by atoms with E-state index < -0.39 is 11.8 Å². The normalized spacial score (nSPS) is 10.0. The van der Waals surface area contributed by atoms with Crippen LogP contribution in [0.1, 0.15) is 27.2 Å². The number of aromatic carboxylic acids is 1. The number of nitrogens with zero attached hydrogens (tertiary/aromatic N) is 2. The van der Waals surface area contributed by atoms with Gasteiger partial charge in [0.2, 0.25) is 5.88 Å². The summed E-state index contributed by atoms with van der Waals surface area (Å²) in [7, 11) is 0. The molecule has 0 saturated heterocycles. The van der Waals surface area contributed by atoms with Crippen LogP contribution < -0.4 is 4.74 Å². The van der Waals surface area contributed by atoms with Crippen LogP contribution in [0.15, 0.2) is 24.3 Å². The van der Waals surface area contributed by atoms with Crippen LogP contribution in [0.2, 0.25) is 0 Å². The van der Waals surface area contributed by atoms with Crippen LogP contribution in [-0.4, -0.2) is 16.1 Å². The van der Waals surface area contributed by atoms with Crippen LogP contribution in [0.25, 0.3) is 0 Å². The van der Waals surface area contributed by atoms with Gasteiger partial charge in [-0.15, -0.1) is 0 Å². The van der Waals surface area contributed by atoms with Gasteiger partial charge in [0.15, 0.2) is 0 Å². The summed E-state index contributed by atoms with van der Waals surface area (Å²) in [5, 5.41) is 18.2. The van der Waals surface area contributed by atoms with Crippen molar-refractivity contribution in [3.63, 3.8) is 0 Å². The number of ether oxygens (including phenoxy) is 1. The number of halogens is 1. The fraction of sp³-hybridized carbons (Fsp3) is 0.133. The van der Waals surface area contributed by atoms with E-state index >= 15 is 0 Å². The number of benzene rings is 1. The molecule has 0 atom stereocenters. The summed E-state index contributed by atoms with van der Waals surface area (Å²) in [5.41, 5.74) is 1.17. The van der Waals surface area contributed by atoms with E-state index in [4.69, 9.17) is 15.1 Å². The number of rotatable bonds is 3. The van der Waals surface area contributed by atoms with Gasteiger partial charge in [-0.05, 0) is 43.7 Å². The number of aryl methyl sites for hydroxylation is 2. The molecule has 5 nitrogen and oxygen atoms in total. The lowest BCUT2D eigenvalue weighted by atomic mass is 10.1. The van der Waals surface area contributed by atoms with Crippen LogP contribution in [0.3, 0.4) is 0 Å². The molecular weight excluding hydrogens is 275 g/mol. The van der Waals surface area contributed by atoms with Crippen molar-refractivity contribution in [3.8, 4) is 17.7 Å². The summed E-state index contributed by atoms with van der Waals surface area (Å²) in [4.78, 5) is 15.2. The Labute approximate surface area is 120 Å². The molecule has 1 heterocycles. The standard InChI is InChI=1S/C15H11FN2O3/c1-8-5-9(2)18-14(12(8)7-17)21-13-4-3-10(16)6-11(13)15(19)20/h3-6H,1-2H3,(H,19,20). The third kappa shape index (κ3) is 2.98.